The van der Waals surface area contributed by atoms with Gasteiger partial charge in [0.1, 0.15) is 5.82 Å². The molecule has 3 N–H and O–H groups in total. The topological polar surface area (TPSA) is 99.8 Å². The van der Waals surface area contributed by atoms with Crippen LogP contribution in [0.2, 0.25) is 0 Å². The Morgan fingerprint density at radius 2 is 1.67 bits per heavy atom. The molecule has 0 aliphatic rings. The van der Waals surface area contributed by atoms with Crippen LogP contribution in [0.5, 0.6) is 11.5 Å². The number of nitrogens with one attached hydrogen (secondary N) is 1. The molecule has 0 atom stereocenters. The van der Waals surface area contributed by atoms with E-state index in [4.69, 9.17) is 4.42 Å². The zero-order valence-electron chi connectivity index (χ0n) is 12.1. The van der Waals surface area contributed by atoms with Crippen molar-refractivity contribution in [3.05, 3.63) is 60.4 Å². The molecule has 1 heterocycles. The molecule has 0 amide bonds. The van der Waals surface area contributed by atoms with E-state index in [1.165, 1.54) is 42.5 Å². The number of furan rings is 1. The molecule has 24 heavy (non-hydrogen) atoms. The van der Waals surface area contributed by atoms with Gasteiger partial charge in [-0.25, -0.2) is 17.5 Å². The van der Waals surface area contributed by atoms with Crippen LogP contribution in [0.1, 0.15) is 0 Å². The van der Waals surface area contributed by atoms with Gasteiger partial charge in [-0.2, -0.15) is 0 Å². The number of anilines is 1. The second-order valence-electron chi connectivity index (χ2n) is 4.89. The molecule has 0 aliphatic heterocycles. The molecule has 3 rings (SSSR count). The third-order valence-corrected chi connectivity index (χ3v) is 4.57. The van der Waals surface area contributed by atoms with Crippen LogP contribution >= 0.6 is 0 Å². The van der Waals surface area contributed by atoms with Gasteiger partial charge in [-0.1, -0.05) is 30.3 Å². The second-order valence-corrected chi connectivity index (χ2v) is 6.57. The van der Waals surface area contributed by atoms with Crippen LogP contribution in [0, 0.1) is 5.82 Å². The summed E-state index contributed by atoms with van der Waals surface area (Å²) in [5, 5.41) is 19.8. The van der Waals surface area contributed by atoms with Gasteiger partial charge >= 0.3 is 0 Å². The largest absolute Gasteiger partial charge is 0.502 e. The first kappa shape index (κ1) is 15.9. The molecule has 6 nitrogen and oxygen atoms in total. The first-order valence-corrected chi connectivity index (χ1v) is 8.25. The molecule has 124 valence electrons. The molecule has 0 unspecified atom stereocenters. The monoisotopic (exact) mass is 349 g/mol. The van der Waals surface area contributed by atoms with Crippen LogP contribution in [-0.4, -0.2) is 18.6 Å². The van der Waals surface area contributed by atoms with Crippen molar-refractivity contribution in [2.75, 3.05) is 4.72 Å². The van der Waals surface area contributed by atoms with Gasteiger partial charge < -0.3 is 14.6 Å². The van der Waals surface area contributed by atoms with Crippen molar-refractivity contribution in [2.24, 2.45) is 0 Å². The molecule has 0 saturated carbocycles. The minimum absolute atomic E-state index is 0.0485. The fourth-order valence-electron chi connectivity index (χ4n) is 2.09. The van der Waals surface area contributed by atoms with Crippen molar-refractivity contribution < 1.29 is 27.4 Å². The average Bonchev–Trinajstić information content (AvgIpc) is 2.84. The van der Waals surface area contributed by atoms with Gasteiger partial charge in [-0.3, -0.25) is 0 Å². The minimum atomic E-state index is -4.02. The van der Waals surface area contributed by atoms with E-state index in [1.807, 2.05) is 0 Å². The molecular formula is C16H12FNO5S. The first-order chi connectivity index (χ1) is 11.4. The molecule has 1 aromatic heterocycles. The Morgan fingerprint density at radius 1 is 0.958 bits per heavy atom. The van der Waals surface area contributed by atoms with Crippen molar-refractivity contribution in [1.82, 2.24) is 0 Å². The molecule has 8 heteroatoms. The number of rotatable bonds is 4. The van der Waals surface area contributed by atoms with Crippen molar-refractivity contribution in [3.63, 3.8) is 0 Å². The smallest absolute Gasteiger partial charge is 0.264 e. The molecule has 0 aliphatic carbocycles. The average molecular weight is 349 g/mol. The van der Waals surface area contributed by atoms with Crippen LogP contribution in [0.25, 0.3) is 11.3 Å². The maximum Gasteiger partial charge on any atom is 0.264 e. The lowest BCUT2D eigenvalue weighted by Crippen LogP contribution is -2.12. The van der Waals surface area contributed by atoms with Crippen LogP contribution in [0.3, 0.4) is 0 Å². The second kappa shape index (κ2) is 5.89. The van der Waals surface area contributed by atoms with Gasteiger partial charge in [0.2, 0.25) is 11.5 Å². The summed E-state index contributed by atoms with van der Waals surface area (Å²) >= 11 is 0. The van der Waals surface area contributed by atoms with E-state index < -0.39 is 33.2 Å². The lowest BCUT2D eigenvalue weighted by Gasteiger charge is -2.05. The summed E-state index contributed by atoms with van der Waals surface area (Å²) in [4.78, 5) is -0.0485. The summed E-state index contributed by atoms with van der Waals surface area (Å²) in [6.45, 7) is 0. The normalized spacial score (nSPS) is 11.4. The van der Waals surface area contributed by atoms with Crippen LogP contribution < -0.4 is 4.72 Å². The van der Waals surface area contributed by atoms with Gasteiger partial charge in [0, 0.05) is 5.56 Å². The van der Waals surface area contributed by atoms with E-state index in [9.17, 15) is 23.0 Å². The van der Waals surface area contributed by atoms with E-state index in [1.54, 1.807) is 6.07 Å². The zero-order chi connectivity index (χ0) is 17.3. The van der Waals surface area contributed by atoms with Gasteiger partial charge in [0.05, 0.1) is 4.90 Å². The number of aromatic hydroxyl groups is 2. The highest BCUT2D eigenvalue weighted by molar-refractivity contribution is 7.92. The Bertz CT molecular complexity index is 983. The third-order valence-electron chi connectivity index (χ3n) is 3.23. The van der Waals surface area contributed by atoms with Gasteiger partial charge in [0.15, 0.2) is 5.76 Å². The number of hydrogen-bond acceptors (Lipinski definition) is 5. The Balaban J connectivity index is 2.00. The fraction of sp³-hybridized carbons (Fsp3) is 0. The lowest BCUT2D eigenvalue weighted by atomic mass is 10.1. The van der Waals surface area contributed by atoms with Crippen molar-refractivity contribution in [3.8, 4) is 22.8 Å². The van der Waals surface area contributed by atoms with Crippen molar-refractivity contribution in [1.29, 1.82) is 0 Å². The van der Waals surface area contributed by atoms with Crippen molar-refractivity contribution >= 4 is 15.9 Å². The molecule has 0 radical (unpaired) electrons. The number of sulfonamides is 1. The molecule has 2 aromatic carbocycles. The van der Waals surface area contributed by atoms with E-state index >= 15 is 0 Å². The summed E-state index contributed by atoms with van der Waals surface area (Å²) in [6, 6.07) is 12.5. The lowest BCUT2D eigenvalue weighted by molar-refractivity contribution is 0.410. The highest BCUT2D eigenvalue weighted by Crippen LogP contribution is 2.45. The number of halogens is 1. The SMILES string of the molecule is O=S(=O)(Nc1oc(-c2cccc(F)c2)c(O)c1O)c1ccccc1. The Morgan fingerprint density at radius 3 is 2.33 bits per heavy atom. The highest BCUT2D eigenvalue weighted by atomic mass is 32.2. The molecule has 0 spiro atoms. The maximum atomic E-state index is 13.3. The Kier molecular flexibility index (Phi) is 3.90. The van der Waals surface area contributed by atoms with E-state index in [0.29, 0.717) is 0 Å². The van der Waals surface area contributed by atoms with Crippen LogP contribution in [-0.2, 0) is 10.0 Å². The molecule has 0 fully saturated rings. The predicted octanol–water partition coefficient (Wildman–Crippen LogP) is 3.30. The van der Waals surface area contributed by atoms with E-state index in [0.717, 1.165) is 6.07 Å². The first-order valence-electron chi connectivity index (χ1n) is 6.77. The summed E-state index contributed by atoms with van der Waals surface area (Å²) < 4.78 is 45.0. The molecule has 3 aromatic rings. The molecular weight excluding hydrogens is 337 g/mol. The van der Waals surface area contributed by atoms with E-state index in [-0.39, 0.29) is 16.2 Å². The number of hydrogen-bond donors (Lipinski definition) is 3. The summed E-state index contributed by atoms with van der Waals surface area (Å²) in [5.74, 6) is -2.86. The van der Waals surface area contributed by atoms with E-state index in [2.05, 4.69) is 4.72 Å². The van der Waals surface area contributed by atoms with Crippen molar-refractivity contribution in [2.45, 2.75) is 4.90 Å². The fourth-order valence-corrected chi connectivity index (χ4v) is 3.10. The Hall–Kier alpha value is -3.00. The van der Waals surface area contributed by atoms with Gasteiger partial charge in [0.25, 0.3) is 15.9 Å². The van der Waals surface area contributed by atoms with Crippen LogP contribution in [0.15, 0.2) is 63.9 Å². The summed E-state index contributed by atoms with van der Waals surface area (Å²) in [5.41, 5.74) is 0.146. The maximum absolute atomic E-state index is 13.3. The Labute approximate surface area is 136 Å². The minimum Gasteiger partial charge on any atom is -0.502 e. The van der Waals surface area contributed by atoms with Gasteiger partial charge in [-0.05, 0) is 24.3 Å². The molecule has 0 saturated heterocycles. The standard InChI is InChI=1S/C16H12FNO5S/c17-11-6-4-5-10(9-11)15-13(19)14(20)16(23-15)18-24(21,22)12-7-2-1-3-8-12/h1-9,18-20H. The molecule has 0 bridgehead atoms. The number of benzene rings is 2. The summed E-state index contributed by atoms with van der Waals surface area (Å²) in [6.07, 6.45) is 0. The predicted molar refractivity (Wildman–Crippen MR) is 84.7 cm³/mol. The highest BCUT2D eigenvalue weighted by Gasteiger charge is 2.25. The quantitative estimate of drug-likeness (QED) is 0.671. The third kappa shape index (κ3) is 2.91. The zero-order valence-corrected chi connectivity index (χ0v) is 12.9. The van der Waals surface area contributed by atoms with Crippen LogP contribution in [0.4, 0.5) is 10.3 Å². The summed E-state index contributed by atoms with van der Waals surface area (Å²) in [7, 11) is -4.02. The van der Waals surface area contributed by atoms with Gasteiger partial charge in [-0.15, -0.1) is 0 Å².